The monoisotopic (exact) mass is 209 g/mol. The number of nitrogens with two attached hydrogens (primary N) is 1. The van der Waals surface area contributed by atoms with Crippen molar-refractivity contribution in [1.29, 1.82) is 0 Å². The maximum atomic E-state index is 13.4. The van der Waals surface area contributed by atoms with E-state index in [0.717, 1.165) is 0 Å². The van der Waals surface area contributed by atoms with Gasteiger partial charge in [0.25, 0.3) is 0 Å². The molecule has 1 unspecified atom stereocenters. The summed E-state index contributed by atoms with van der Waals surface area (Å²) in [7, 11) is 0. The van der Waals surface area contributed by atoms with Crippen LogP contribution in [0, 0.1) is 5.82 Å². The summed E-state index contributed by atoms with van der Waals surface area (Å²) in [5, 5.41) is 9.70. The molecule has 3 nitrogen and oxygen atoms in total. The Hall–Kier alpha value is -1.55. The molecule has 1 aromatic rings. The predicted molar refractivity (Wildman–Crippen MR) is 53.8 cm³/mol. The maximum absolute atomic E-state index is 13.4. The minimum absolute atomic E-state index is 0.0667. The van der Waals surface area contributed by atoms with Crippen LogP contribution in [0.3, 0.4) is 0 Å². The summed E-state index contributed by atoms with van der Waals surface area (Å²) in [6, 6.07) is 2.69. The van der Waals surface area contributed by atoms with Crippen molar-refractivity contribution in [3.05, 3.63) is 41.4 Å². The van der Waals surface area contributed by atoms with Gasteiger partial charge in [-0.25, -0.2) is 4.39 Å². The summed E-state index contributed by atoms with van der Waals surface area (Å²) >= 11 is 0. The van der Waals surface area contributed by atoms with Crippen molar-refractivity contribution >= 4 is 0 Å². The van der Waals surface area contributed by atoms with Gasteiger partial charge in [0.05, 0.1) is 12.9 Å². The molecule has 1 aliphatic rings. The molecule has 0 aliphatic carbocycles. The fourth-order valence-corrected chi connectivity index (χ4v) is 1.63. The highest BCUT2D eigenvalue weighted by Gasteiger charge is 2.18. The molecule has 4 heteroatoms. The molecule has 80 valence electrons. The normalized spacial score (nSPS) is 19.2. The first kappa shape index (κ1) is 9.98. The molecular weight excluding hydrogens is 197 g/mol. The number of halogens is 1. The minimum Gasteiger partial charge on any atom is -0.508 e. The highest BCUT2D eigenvalue weighted by Crippen LogP contribution is 2.31. The summed E-state index contributed by atoms with van der Waals surface area (Å²) in [6.07, 6.45) is 3.34. The van der Waals surface area contributed by atoms with Crippen molar-refractivity contribution in [1.82, 2.24) is 0 Å². The van der Waals surface area contributed by atoms with E-state index in [-0.39, 0.29) is 24.0 Å². The third-order valence-electron chi connectivity index (χ3n) is 2.50. The average Bonchev–Trinajstić information content (AvgIpc) is 2.74. The first-order valence-corrected chi connectivity index (χ1v) is 4.72. The minimum atomic E-state index is -0.384. The molecule has 0 saturated heterocycles. The van der Waals surface area contributed by atoms with Gasteiger partial charge in [0.1, 0.15) is 11.6 Å². The van der Waals surface area contributed by atoms with Crippen LogP contribution in [0.4, 0.5) is 4.39 Å². The molecule has 0 spiro atoms. The van der Waals surface area contributed by atoms with Gasteiger partial charge in [0.15, 0.2) is 0 Å². The van der Waals surface area contributed by atoms with Crippen LogP contribution in [-0.4, -0.2) is 11.7 Å². The fraction of sp³-hybridized carbons (Fsp3) is 0.273. The molecule has 0 bridgehead atoms. The summed E-state index contributed by atoms with van der Waals surface area (Å²) in [5.41, 5.74) is 6.19. The van der Waals surface area contributed by atoms with Crippen LogP contribution < -0.4 is 5.73 Å². The number of rotatable bonds is 2. The molecule has 3 N–H and O–H groups in total. The van der Waals surface area contributed by atoms with E-state index in [0.29, 0.717) is 17.7 Å². The lowest BCUT2D eigenvalue weighted by atomic mass is 9.98. The van der Waals surface area contributed by atoms with Gasteiger partial charge >= 0.3 is 0 Å². The van der Waals surface area contributed by atoms with Crippen molar-refractivity contribution in [2.24, 2.45) is 5.73 Å². The van der Waals surface area contributed by atoms with Crippen molar-refractivity contribution in [2.75, 3.05) is 6.61 Å². The molecule has 0 saturated carbocycles. The van der Waals surface area contributed by atoms with Gasteiger partial charge in [0.2, 0.25) is 0 Å². The zero-order valence-corrected chi connectivity index (χ0v) is 8.11. The number of aromatic hydroxyl groups is 1. The lowest BCUT2D eigenvalue weighted by Crippen LogP contribution is -2.04. The van der Waals surface area contributed by atoms with E-state index in [4.69, 9.17) is 10.5 Å². The Morgan fingerprint density at radius 3 is 2.93 bits per heavy atom. The Morgan fingerprint density at radius 1 is 1.53 bits per heavy atom. The molecule has 0 radical (unpaired) electrons. The highest BCUT2D eigenvalue weighted by molar-refractivity contribution is 5.42. The van der Waals surface area contributed by atoms with Crippen LogP contribution in [0.2, 0.25) is 0 Å². The summed E-state index contributed by atoms with van der Waals surface area (Å²) in [5.74, 6) is -0.395. The summed E-state index contributed by atoms with van der Waals surface area (Å²) < 4.78 is 18.5. The first-order chi connectivity index (χ1) is 7.22. The van der Waals surface area contributed by atoms with E-state index >= 15 is 0 Å². The molecule has 2 rings (SSSR count). The molecule has 0 aromatic heterocycles. The summed E-state index contributed by atoms with van der Waals surface area (Å²) in [6.45, 7) is 0.519. The average molecular weight is 209 g/mol. The van der Waals surface area contributed by atoms with E-state index < -0.39 is 0 Å². The largest absolute Gasteiger partial charge is 0.508 e. The van der Waals surface area contributed by atoms with E-state index in [1.807, 2.05) is 0 Å². The van der Waals surface area contributed by atoms with E-state index in [1.54, 1.807) is 12.3 Å². The molecule has 1 heterocycles. The number of phenolic OH excluding ortho intramolecular Hbond substituents is 1. The van der Waals surface area contributed by atoms with Gasteiger partial charge in [-0.15, -0.1) is 0 Å². The topological polar surface area (TPSA) is 55.5 Å². The number of ether oxygens (including phenoxy) is 1. The Morgan fingerprint density at radius 2 is 2.33 bits per heavy atom. The SMILES string of the molecule is NCc1cc(O)c(C2C=COC2)cc1F. The van der Waals surface area contributed by atoms with Crippen LogP contribution >= 0.6 is 0 Å². The summed E-state index contributed by atoms with van der Waals surface area (Å²) in [4.78, 5) is 0. The third-order valence-corrected chi connectivity index (χ3v) is 2.50. The Labute approximate surface area is 87.0 Å². The van der Waals surface area contributed by atoms with E-state index in [9.17, 15) is 9.50 Å². The van der Waals surface area contributed by atoms with Gasteiger partial charge < -0.3 is 15.6 Å². The predicted octanol–water partition coefficient (Wildman–Crippen LogP) is 1.62. The molecule has 1 aliphatic heterocycles. The highest BCUT2D eigenvalue weighted by atomic mass is 19.1. The Bertz CT molecular complexity index is 404. The third kappa shape index (κ3) is 1.80. The van der Waals surface area contributed by atoms with Crippen molar-refractivity contribution in [2.45, 2.75) is 12.5 Å². The Balaban J connectivity index is 2.39. The fourth-order valence-electron chi connectivity index (χ4n) is 1.63. The number of hydrogen-bond donors (Lipinski definition) is 2. The smallest absolute Gasteiger partial charge is 0.128 e. The number of hydrogen-bond acceptors (Lipinski definition) is 3. The Kier molecular flexibility index (Phi) is 2.60. The first-order valence-electron chi connectivity index (χ1n) is 4.72. The van der Waals surface area contributed by atoms with E-state index in [2.05, 4.69) is 0 Å². The van der Waals surface area contributed by atoms with Crippen LogP contribution in [0.15, 0.2) is 24.5 Å². The van der Waals surface area contributed by atoms with Gasteiger partial charge in [0, 0.05) is 23.6 Å². The van der Waals surface area contributed by atoms with Crippen molar-refractivity contribution in [3.63, 3.8) is 0 Å². The molecule has 1 atom stereocenters. The standard InChI is InChI=1S/C11H12FNO2/c12-10-4-9(7-1-2-15-6-7)11(14)3-8(10)5-13/h1-4,7,14H,5-6,13H2. The van der Waals surface area contributed by atoms with Crippen molar-refractivity contribution < 1.29 is 14.2 Å². The second kappa shape index (κ2) is 3.90. The lowest BCUT2D eigenvalue weighted by Gasteiger charge is -2.11. The van der Waals surface area contributed by atoms with Crippen LogP contribution in [0.25, 0.3) is 0 Å². The second-order valence-electron chi connectivity index (χ2n) is 3.47. The van der Waals surface area contributed by atoms with Gasteiger partial charge in [-0.1, -0.05) is 0 Å². The van der Waals surface area contributed by atoms with Crippen LogP contribution in [-0.2, 0) is 11.3 Å². The van der Waals surface area contributed by atoms with Gasteiger partial charge in [-0.2, -0.15) is 0 Å². The molecule has 1 aromatic carbocycles. The lowest BCUT2D eigenvalue weighted by molar-refractivity contribution is 0.268. The number of benzene rings is 1. The zero-order chi connectivity index (χ0) is 10.8. The number of phenols is 1. The van der Waals surface area contributed by atoms with Crippen LogP contribution in [0.1, 0.15) is 17.0 Å². The second-order valence-corrected chi connectivity index (χ2v) is 3.47. The van der Waals surface area contributed by atoms with Gasteiger partial charge in [-0.05, 0) is 18.2 Å². The molecule has 0 fully saturated rings. The maximum Gasteiger partial charge on any atom is 0.128 e. The van der Waals surface area contributed by atoms with E-state index in [1.165, 1.54) is 12.1 Å². The van der Waals surface area contributed by atoms with Gasteiger partial charge in [-0.3, -0.25) is 0 Å². The molecule has 15 heavy (non-hydrogen) atoms. The van der Waals surface area contributed by atoms with Crippen LogP contribution in [0.5, 0.6) is 5.75 Å². The molecular formula is C11H12FNO2. The van der Waals surface area contributed by atoms with Crippen molar-refractivity contribution in [3.8, 4) is 5.75 Å². The zero-order valence-electron chi connectivity index (χ0n) is 8.11. The quantitative estimate of drug-likeness (QED) is 0.778. The molecule has 0 amide bonds.